The number of allylic oxidation sites excluding steroid dienone is 3. The van der Waals surface area contributed by atoms with Gasteiger partial charge in [-0.05, 0) is 83.2 Å². The highest BCUT2D eigenvalue weighted by atomic mass is 33.1. The van der Waals surface area contributed by atoms with Crippen LogP contribution in [0.25, 0.3) is 6.08 Å². The lowest BCUT2D eigenvalue weighted by molar-refractivity contribution is -0.125. The van der Waals surface area contributed by atoms with E-state index < -0.39 is 0 Å². The lowest BCUT2D eigenvalue weighted by atomic mass is 9.83. The second-order valence-corrected chi connectivity index (χ2v) is 14.0. The second-order valence-electron chi connectivity index (χ2n) is 11.4. The molecule has 6 nitrogen and oxygen atoms in total. The van der Waals surface area contributed by atoms with Crippen molar-refractivity contribution < 1.29 is 19.4 Å². The summed E-state index contributed by atoms with van der Waals surface area (Å²) in [6.07, 6.45) is 9.99. The Balaban J connectivity index is 1.58. The largest absolute Gasteiger partial charge is 0.504 e. The monoisotopic (exact) mass is 604 g/mol. The molecule has 1 unspecified atom stereocenters. The van der Waals surface area contributed by atoms with Crippen LogP contribution >= 0.6 is 21.6 Å². The van der Waals surface area contributed by atoms with Crippen molar-refractivity contribution >= 4 is 39.2 Å². The third-order valence-corrected chi connectivity index (χ3v) is 11.5. The second kappa shape index (κ2) is 14.0. The molecule has 0 spiro atoms. The third kappa shape index (κ3) is 7.16. The Bertz CT molecular complexity index is 1400. The summed E-state index contributed by atoms with van der Waals surface area (Å²) >= 11 is 0. The molecule has 2 heterocycles. The third-order valence-electron chi connectivity index (χ3n) is 8.56. The average Bonchev–Trinajstić information content (AvgIpc) is 3.17. The lowest BCUT2D eigenvalue weighted by Gasteiger charge is -2.31. The molecule has 2 aromatic carbocycles. The van der Waals surface area contributed by atoms with Gasteiger partial charge in [-0.15, -0.1) is 0 Å². The first-order valence-electron chi connectivity index (χ1n) is 14.8. The van der Waals surface area contributed by atoms with Crippen LogP contribution in [0.2, 0.25) is 0 Å². The maximum Gasteiger partial charge on any atom is 0.166 e. The van der Waals surface area contributed by atoms with Gasteiger partial charge in [0.1, 0.15) is 5.78 Å². The Kier molecular flexibility index (Phi) is 10.2. The number of dihydropyridines is 1. The fraction of sp³-hybridized carbons (Fsp3) is 0.412. The lowest BCUT2D eigenvalue weighted by Crippen LogP contribution is -2.42. The zero-order valence-electron chi connectivity index (χ0n) is 24.3. The van der Waals surface area contributed by atoms with E-state index >= 15 is 0 Å². The number of hydrogen-bond donors (Lipinski definition) is 3. The fourth-order valence-corrected chi connectivity index (χ4v) is 9.24. The highest BCUT2D eigenvalue weighted by Crippen LogP contribution is 2.44. The first kappa shape index (κ1) is 30.5. The van der Waals surface area contributed by atoms with Crippen LogP contribution in [-0.4, -0.2) is 41.0 Å². The van der Waals surface area contributed by atoms with Crippen LogP contribution < -0.4 is 15.8 Å². The fourth-order valence-electron chi connectivity index (χ4n) is 5.98. The Hall–Kier alpha value is -2.94. The van der Waals surface area contributed by atoms with Crippen molar-refractivity contribution in [2.24, 2.45) is 11.7 Å². The van der Waals surface area contributed by atoms with Gasteiger partial charge in [0.05, 0.1) is 19.7 Å². The standard InChI is InChI=1S/C34H40N2O4S2/c1-3-21-9-11-26(37)17-30(38)23-10-12-27(28-18-31(39)32(40-2)16-24(28)14-23)25-15-29(34(35)36-19-25)33(42-41-20-21)13-22-7-5-4-6-8-22/h4-8,14-16,18-19,21,27,33-34,36,39H,3,9-13,17,20,35H2,1-2H3/t21-,27+,33+,34?/m0/s1. The van der Waals surface area contributed by atoms with E-state index in [1.165, 1.54) is 12.7 Å². The summed E-state index contributed by atoms with van der Waals surface area (Å²) in [6.45, 7) is 2.17. The number of ketones is 2. The topological polar surface area (TPSA) is 102 Å². The minimum Gasteiger partial charge on any atom is -0.504 e. The van der Waals surface area contributed by atoms with E-state index in [2.05, 4.69) is 42.6 Å². The Morgan fingerprint density at radius 1 is 1.10 bits per heavy atom. The molecule has 3 aliphatic rings. The number of Topliss-reactive ketones (excluding diaryl/α,β-unsaturated/α-hetero) is 2. The molecule has 0 saturated carbocycles. The molecule has 42 heavy (non-hydrogen) atoms. The van der Waals surface area contributed by atoms with Crippen molar-refractivity contribution in [3.63, 3.8) is 0 Å². The first-order valence-corrected chi connectivity index (χ1v) is 17.2. The Labute approximate surface area is 256 Å². The van der Waals surface area contributed by atoms with Gasteiger partial charge in [-0.2, -0.15) is 0 Å². The summed E-state index contributed by atoms with van der Waals surface area (Å²) < 4.78 is 5.42. The zero-order valence-corrected chi connectivity index (χ0v) is 25.9. The van der Waals surface area contributed by atoms with E-state index in [4.69, 9.17) is 10.5 Å². The average molecular weight is 605 g/mol. The number of methoxy groups -OCH3 is 1. The maximum atomic E-state index is 13.4. The number of hydrogen-bond acceptors (Lipinski definition) is 8. The van der Waals surface area contributed by atoms with Gasteiger partial charge >= 0.3 is 0 Å². The molecule has 4 N–H and O–H groups in total. The van der Waals surface area contributed by atoms with Crippen molar-refractivity contribution in [2.45, 2.75) is 69.2 Å². The van der Waals surface area contributed by atoms with E-state index in [-0.39, 0.29) is 41.1 Å². The SMILES string of the molecule is CC[C@H]1CCC(=O)CC(=O)C2=Cc3cc(OC)c(O)cc3[C@H](CC2)C2=CNC(N)C(=C2)[C@@H](Cc2ccccc2)SSC1. The maximum absolute atomic E-state index is 13.4. The smallest absolute Gasteiger partial charge is 0.166 e. The summed E-state index contributed by atoms with van der Waals surface area (Å²) in [4.78, 5) is 26.3. The van der Waals surface area contributed by atoms with E-state index in [1.807, 2.05) is 39.9 Å². The van der Waals surface area contributed by atoms with Gasteiger partial charge in [0.2, 0.25) is 0 Å². The highest BCUT2D eigenvalue weighted by Gasteiger charge is 2.31. The molecular formula is C34H40N2O4S2. The van der Waals surface area contributed by atoms with Crippen LogP contribution in [0.4, 0.5) is 0 Å². The number of benzene rings is 2. The number of nitrogens with one attached hydrogen (secondary N) is 1. The molecule has 0 radical (unpaired) electrons. The number of phenols is 1. The number of carbonyl (C=O) groups excluding carboxylic acids is 2. The van der Waals surface area contributed by atoms with Gasteiger partial charge in [-0.25, -0.2) is 0 Å². The molecule has 1 aliphatic carbocycles. The van der Waals surface area contributed by atoms with Crippen molar-refractivity contribution in [2.75, 3.05) is 12.9 Å². The molecule has 2 aromatic rings. The molecule has 2 aliphatic heterocycles. The molecule has 4 atom stereocenters. The van der Waals surface area contributed by atoms with Crippen molar-refractivity contribution in [1.29, 1.82) is 0 Å². The number of aromatic hydroxyl groups is 1. The van der Waals surface area contributed by atoms with Crippen LogP contribution in [0.5, 0.6) is 11.5 Å². The molecule has 0 saturated heterocycles. The van der Waals surface area contributed by atoms with Gasteiger partial charge in [0.25, 0.3) is 0 Å². The van der Waals surface area contributed by atoms with Crippen LogP contribution in [-0.2, 0) is 16.0 Å². The summed E-state index contributed by atoms with van der Waals surface area (Å²) in [5.41, 5.74) is 12.6. The van der Waals surface area contributed by atoms with E-state index in [0.29, 0.717) is 36.5 Å². The summed E-state index contributed by atoms with van der Waals surface area (Å²) in [7, 11) is 5.23. The minimum absolute atomic E-state index is 0.00482. The van der Waals surface area contributed by atoms with Crippen LogP contribution in [0.1, 0.15) is 68.1 Å². The van der Waals surface area contributed by atoms with Crippen molar-refractivity contribution in [1.82, 2.24) is 5.32 Å². The van der Waals surface area contributed by atoms with E-state index in [0.717, 1.165) is 47.3 Å². The molecule has 0 fully saturated rings. The molecule has 0 aromatic heterocycles. The number of nitrogens with two attached hydrogens (primary N) is 1. The van der Waals surface area contributed by atoms with Crippen LogP contribution in [0.15, 0.2) is 71.5 Å². The van der Waals surface area contributed by atoms with Gasteiger partial charge in [-0.3, -0.25) is 9.59 Å². The highest BCUT2D eigenvalue weighted by molar-refractivity contribution is 8.77. The molecule has 0 amide bonds. The predicted octanol–water partition coefficient (Wildman–Crippen LogP) is 6.70. The number of phenolic OH excluding ortho intramolecular Hbond substituents is 1. The normalized spacial score (nSPS) is 25.3. The van der Waals surface area contributed by atoms with E-state index in [9.17, 15) is 14.7 Å². The Morgan fingerprint density at radius 2 is 1.90 bits per heavy atom. The molecule has 222 valence electrons. The number of fused-ring (bicyclic) bond motifs is 7. The quantitative estimate of drug-likeness (QED) is 0.262. The number of carbonyl (C=O) groups is 2. The Morgan fingerprint density at radius 3 is 2.67 bits per heavy atom. The molecule has 5 rings (SSSR count). The zero-order chi connectivity index (χ0) is 29.6. The number of rotatable bonds is 4. The van der Waals surface area contributed by atoms with Crippen LogP contribution in [0.3, 0.4) is 0 Å². The van der Waals surface area contributed by atoms with Crippen molar-refractivity contribution in [3.8, 4) is 11.5 Å². The van der Waals surface area contributed by atoms with E-state index in [1.54, 1.807) is 12.1 Å². The van der Waals surface area contributed by atoms with Crippen LogP contribution in [0, 0.1) is 5.92 Å². The molecular weight excluding hydrogens is 565 g/mol. The van der Waals surface area contributed by atoms with Gasteiger partial charge in [0, 0.05) is 29.5 Å². The van der Waals surface area contributed by atoms with Gasteiger partial charge in [-0.1, -0.05) is 71.3 Å². The minimum atomic E-state index is -0.318. The molecule has 4 bridgehead atoms. The van der Waals surface area contributed by atoms with Crippen molar-refractivity contribution in [3.05, 3.63) is 88.2 Å². The summed E-state index contributed by atoms with van der Waals surface area (Å²) in [5, 5.41) is 14.3. The summed E-state index contributed by atoms with van der Waals surface area (Å²) in [5.74, 6) is 1.57. The van der Waals surface area contributed by atoms with Gasteiger partial charge in [0.15, 0.2) is 17.3 Å². The summed E-state index contributed by atoms with van der Waals surface area (Å²) in [6, 6.07) is 14.1. The predicted molar refractivity (Wildman–Crippen MR) is 174 cm³/mol. The number of ether oxygens (including phenoxy) is 1. The van der Waals surface area contributed by atoms with Gasteiger partial charge < -0.3 is 20.9 Å². The molecule has 8 heteroatoms. The first-order chi connectivity index (χ1) is 20.4.